The first-order valence-corrected chi connectivity index (χ1v) is 8.42. The lowest BCUT2D eigenvalue weighted by Crippen LogP contribution is -2.43. The number of rotatable bonds is 7. The van der Waals surface area contributed by atoms with Crippen LogP contribution in [-0.4, -0.2) is 35.2 Å². The van der Waals surface area contributed by atoms with E-state index in [9.17, 15) is 4.79 Å². The third kappa shape index (κ3) is 4.51. The zero-order valence-electron chi connectivity index (χ0n) is 12.7. The van der Waals surface area contributed by atoms with Gasteiger partial charge >= 0.3 is 6.03 Å². The van der Waals surface area contributed by atoms with E-state index in [1.54, 1.807) is 6.07 Å². The standard InChI is InChI=1S/C16H22Cl2N2O2/c1-11(13-5-4-6-14(17)15(13)18)19-16(22)20(12-7-8-12)9-2-3-10-21/h4-6,11-12,21H,2-3,7-10H2,1H3,(H,19,22). The number of amides is 2. The maximum absolute atomic E-state index is 12.5. The number of aliphatic hydroxyl groups is 1. The van der Waals surface area contributed by atoms with Crippen LogP contribution in [0.25, 0.3) is 0 Å². The van der Waals surface area contributed by atoms with Crippen molar-refractivity contribution in [1.82, 2.24) is 10.2 Å². The van der Waals surface area contributed by atoms with Gasteiger partial charge in [-0.1, -0.05) is 35.3 Å². The molecule has 1 aromatic rings. The molecule has 2 N–H and O–H groups in total. The molecular formula is C16H22Cl2N2O2. The first-order valence-electron chi connectivity index (χ1n) is 7.66. The smallest absolute Gasteiger partial charge is 0.318 e. The molecule has 1 saturated carbocycles. The number of carbonyl (C=O) groups is 1. The van der Waals surface area contributed by atoms with Crippen molar-refractivity contribution < 1.29 is 9.90 Å². The Morgan fingerprint density at radius 1 is 1.41 bits per heavy atom. The number of carbonyl (C=O) groups excluding carboxylic acids is 1. The lowest BCUT2D eigenvalue weighted by atomic mass is 10.1. The molecule has 122 valence electrons. The quantitative estimate of drug-likeness (QED) is 0.734. The van der Waals surface area contributed by atoms with Crippen molar-refractivity contribution >= 4 is 29.2 Å². The Morgan fingerprint density at radius 3 is 2.77 bits per heavy atom. The van der Waals surface area contributed by atoms with Gasteiger partial charge in [-0.05, 0) is 44.2 Å². The third-order valence-corrected chi connectivity index (χ3v) is 4.68. The fraction of sp³-hybridized carbons (Fsp3) is 0.562. The summed E-state index contributed by atoms with van der Waals surface area (Å²) >= 11 is 12.2. The van der Waals surface area contributed by atoms with E-state index in [0.29, 0.717) is 29.1 Å². The summed E-state index contributed by atoms with van der Waals surface area (Å²) < 4.78 is 0. The Hall–Kier alpha value is -0.970. The zero-order valence-corrected chi connectivity index (χ0v) is 14.2. The van der Waals surface area contributed by atoms with Crippen LogP contribution in [0, 0.1) is 0 Å². The Balaban J connectivity index is 1.98. The summed E-state index contributed by atoms with van der Waals surface area (Å²) in [7, 11) is 0. The van der Waals surface area contributed by atoms with E-state index in [1.165, 1.54) is 0 Å². The molecule has 22 heavy (non-hydrogen) atoms. The second kappa shape index (κ2) is 8.04. The summed E-state index contributed by atoms with van der Waals surface area (Å²) in [5, 5.41) is 12.8. The number of unbranched alkanes of at least 4 members (excludes halogenated alkanes) is 1. The van der Waals surface area contributed by atoms with Crippen LogP contribution >= 0.6 is 23.2 Å². The maximum atomic E-state index is 12.5. The fourth-order valence-electron chi connectivity index (χ4n) is 2.43. The van der Waals surface area contributed by atoms with E-state index in [-0.39, 0.29) is 18.7 Å². The highest BCUT2D eigenvalue weighted by atomic mass is 35.5. The summed E-state index contributed by atoms with van der Waals surface area (Å²) in [6.07, 6.45) is 3.64. The van der Waals surface area contributed by atoms with Crippen molar-refractivity contribution in [3.63, 3.8) is 0 Å². The molecular weight excluding hydrogens is 323 g/mol. The third-order valence-electron chi connectivity index (χ3n) is 3.84. The number of nitrogens with one attached hydrogen (secondary N) is 1. The van der Waals surface area contributed by atoms with Crippen LogP contribution < -0.4 is 5.32 Å². The van der Waals surface area contributed by atoms with Gasteiger partial charge in [0, 0.05) is 19.2 Å². The number of hydrogen-bond acceptors (Lipinski definition) is 2. The van der Waals surface area contributed by atoms with Crippen molar-refractivity contribution in [3.05, 3.63) is 33.8 Å². The molecule has 1 fully saturated rings. The molecule has 1 aliphatic carbocycles. The molecule has 0 heterocycles. The minimum atomic E-state index is -0.210. The van der Waals surface area contributed by atoms with Gasteiger partial charge in [0.05, 0.1) is 16.1 Å². The van der Waals surface area contributed by atoms with E-state index in [4.69, 9.17) is 28.3 Å². The molecule has 1 aromatic carbocycles. The van der Waals surface area contributed by atoms with E-state index in [2.05, 4.69) is 5.32 Å². The molecule has 0 bridgehead atoms. The minimum Gasteiger partial charge on any atom is -0.396 e. The van der Waals surface area contributed by atoms with E-state index < -0.39 is 0 Å². The average Bonchev–Trinajstić information content (AvgIpc) is 3.30. The van der Waals surface area contributed by atoms with Crippen LogP contribution in [0.2, 0.25) is 10.0 Å². The van der Waals surface area contributed by atoms with Gasteiger partial charge in [0.2, 0.25) is 0 Å². The summed E-state index contributed by atoms with van der Waals surface area (Å²) in [5.41, 5.74) is 0.814. The van der Waals surface area contributed by atoms with Gasteiger partial charge in [-0.15, -0.1) is 0 Å². The molecule has 0 aliphatic heterocycles. The average molecular weight is 345 g/mol. The highest BCUT2D eigenvalue weighted by molar-refractivity contribution is 6.42. The fourth-order valence-corrected chi connectivity index (χ4v) is 2.90. The summed E-state index contributed by atoms with van der Waals surface area (Å²) in [6, 6.07) is 5.47. The zero-order chi connectivity index (χ0) is 16.1. The predicted molar refractivity (Wildman–Crippen MR) is 89.5 cm³/mol. The summed E-state index contributed by atoms with van der Waals surface area (Å²) in [4.78, 5) is 14.3. The van der Waals surface area contributed by atoms with Crippen LogP contribution in [0.5, 0.6) is 0 Å². The largest absolute Gasteiger partial charge is 0.396 e. The van der Waals surface area contributed by atoms with Gasteiger partial charge in [-0.2, -0.15) is 0 Å². The molecule has 2 rings (SSSR count). The van der Waals surface area contributed by atoms with Gasteiger partial charge in [0.15, 0.2) is 0 Å². The van der Waals surface area contributed by atoms with Crippen LogP contribution in [0.4, 0.5) is 4.79 Å². The van der Waals surface area contributed by atoms with Gasteiger partial charge < -0.3 is 15.3 Å². The van der Waals surface area contributed by atoms with Crippen molar-refractivity contribution in [1.29, 1.82) is 0 Å². The molecule has 4 nitrogen and oxygen atoms in total. The number of aliphatic hydroxyl groups excluding tert-OH is 1. The lowest BCUT2D eigenvalue weighted by molar-refractivity contribution is 0.187. The first-order chi connectivity index (χ1) is 10.5. The molecule has 6 heteroatoms. The van der Waals surface area contributed by atoms with Crippen LogP contribution in [-0.2, 0) is 0 Å². The van der Waals surface area contributed by atoms with Gasteiger partial charge in [-0.25, -0.2) is 4.79 Å². The van der Waals surface area contributed by atoms with Gasteiger partial charge in [0.25, 0.3) is 0 Å². The predicted octanol–water partition coefficient (Wildman–Crippen LogP) is 4.00. The maximum Gasteiger partial charge on any atom is 0.318 e. The van der Waals surface area contributed by atoms with E-state index in [1.807, 2.05) is 24.0 Å². The number of urea groups is 1. The topological polar surface area (TPSA) is 52.6 Å². The number of benzene rings is 1. The van der Waals surface area contributed by atoms with Crippen LogP contribution in [0.3, 0.4) is 0 Å². The van der Waals surface area contributed by atoms with Crippen LogP contribution in [0.15, 0.2) is 18.2 Å². The number of halogens is 2. The van der Waals surface area contributed by atoms with Crippen molar-refractivity contribution in [3.8, 4) is 0 Å². The second-order valence-corrected chi connectivity index (χ2v) is 6.45. The van der Waals surface area contributed by atoms with Crippen molar-refractivity contribution in [2.45, 2.75) is 44.7 Å². The van der Waals surface area contributed by atoms with Crippen LogP contribution in [0.1, 0.15) is 44.2 Å². The molecule has 0 radical (unpaired) electrons. The molecule has 0 spiro atoms. The van der Waals surface area contributed by atoms with E-state index >= 15 is 0 Å². The first kappa shape index (κ1) is 17.4. The lowest BCUT2D eigenvalue weighted by Gasteiger charge is -2.25. The van der Waals surface area contributed by atoms with E-state index in [0.717, 1.165) is 24.8 Å². The second-order valence-electron chi connectivity index (χ2n) is 5.67. The van der Waals surface area contributed by atoms with Gasteiger partial charge in [-0.3, -0.25) is 0 Å². The Kier molecular flexibility index (Phi) is 6.36. The van der Waals surface area contributed by atoms with Gasteiger partial charge in [0.1, 0.15) is 0 Å². The molecule has 1 unspecified atom stereocenters. The number of nitrogens with zero attached hydrogens (tertiary/aromatic N) is 1. The molecule has 0 aromatic heterocycles. The molecule has 1 atom stereocenters. The van der Waals surface area contributed by atoms with Crippen molar-refractivity contribution in [2.24, 2.45) is 0 Å². The summed E-state index contributed by atoms with van der Waals surface area (Å²) in [5.74, 6) is 0. The Labute approximate surface area is 141 Å². The summed E-state index contributed by atoms with van der Waals surface area (Å²) in [6.45, 7) is 2.73. The highest BCUT2D eigenvalue weighted by Gasteiger charge is 2.32. The monoisotopic (exact) mass is 344 g/mol. The normalized spacial score (nSPS) is 15.5. The molecule has 1 aliphatic rings. The number of hydrogen-bond donors (Lipinski definition) is 2. The Bertz CT molecular complexity index is 521. The minimum absolute atomic E-state index is 0.0796. The molecule has 2 amide bonds. The van der Waals surface area contributed by atoms with Crippen molar-refractivity contribution in [2.75, 3.05) is 13.2 Å². The highest BCUT2D eigenvalue weighted by Crippen LogP contribution is 2.31. The molecule has 0 saturated heterocycles. The Morgan fingerprint density at radius 2 is 2.14 bits per heavy atom. The SMILES string of the molecule is CC(NC(=O)N(CCCCO)C1CC1)c1cccc(Cl)c1Cl.